The zero-order valence-corrected chi connectivity index (χ0v) is 21.0. The number of benzene rings is 2. The van der Waals surface area contributed by atoms with Crippen LogP contribution in [0.1, 0.15) is 12.0 Å². The molecule has 186 valence electrons. The van der Waals surface area contributed by atoms with E-state index in [1.54, 1.807) is 43.8 Å². The van der Waals surface area contributed by atoms with Gasteiger partial charge in [-0.1, -0.05) is 24.3 Å². The molecule has 0 saturated carbocycles. The number of ketones is 1. The maximum absolute atomic E-state index is 14.9. The Kier molecular flexibility index (Phi) is 6.78. The number of imidazole rings is 1. The van der Waals surface area contributed by atoms with Crippen LogP contribution >= 0.6 is 11.3 Å². The smallest absolute Gasteiger partial charge is 0.234 e. The van der Waals surface area contributed by atoms with E-state index in [1.807, 2.05) is 42.1 Å². The average Bonchev–Trinajstić information content (AvgIpc) is 3.52. The zero-order valence-electron chi connectivity index (χ0n) is 20.2. The first-order valence-electron chi connectivity index (χ1n) is 11.5. The molecule has 0 aliphatic carbocycles. The number of para-hydroxylation sites is 1. The second-order valence-electron chi connectivity index (χ2n) is 8.61. The Hall–Kier alpha value is -4.37. The summed E-state index contributed by atoms with van der Waals surface area (Å²) in [5, 5.41) is 0. The van der Waals surface area contributed by atoms with Gasteiger partial charge in [0.05, 0.1) is 33.5 Å². The summed E-state index contributed by atoms with van der Waals surface area (Å²) in [5.74, 6) is -0.688. The molecule has 0 atom stereocenters. The zero-order chi connectivity index (χ0) is 25.9. The van der Waals surface area contributed by atoms with E-state index < -0.39 is 5.82 Å². The Balaban J connectivity index is 1.27. The van der Waals surface area contributed by atoms with Crippen LogP contribution in [-0.2, 0) is 23.1 Å². The van der Waals surface area contributed by atoms with Crippen LogP contribution in [0, 0.1) is 5.82 Å². The first-order valence-corrected chi connectivity index (χ1v) is 12.4. The van der Waals surface area contributed by atoms with E-state index in [1.165, 1.54) is 28.4 Å². The number of carbonyl (C=O) groups excluding carboxylic acids is 2. The quantitative estimate of drug-likeness (QED) is 0.245. The maximum atomic E-state index is 14.9. The van der Waals surface area contributed by atoms with Crippen LogP contribution in [-0.4, -0.2) is 33.3 Å². The van der Waals surface area contributed by atoms with Gasteiger partial charge in [-0.3, -0.25) is 14.6 Å². The molecule has 0 N–H and O–H groups in total. The van der Waals surface area contributed by atoms with Crippen molar-refractivity contribution in [2.75, 3.05) is 11.9 Å². The van der Waals surface area contributed by atoms with Crippen molar-refractivity contribution in [3.05, 3.63) is 90.8 Å². The fourth-order valence-electron chi connectivity index (χ4n) is 3.89. The van der Waals surface area contributed by atoms with Crippen molar-refractivity contribution in [3.8, 4) is 22.1 Å². The maximum Gasteiger partial charge on any atom is 0.234 e. The van der Waals surface area contributed by atoms with Gasteiger partial charge in [0.25, 0.3) is 0 Å². The highest BCUT2D eigenvalue weighted by Gasteiger charge is 2.18. The van der Waals surface area contributed by atoms with Gasteiger partial charge >= 0.3 is 0 Å². The molecule has 0 unspecified atom stereocenters. The van der Waals surface area contributed by atoms with Gasteiger partial charge < -0.3 is 14.2 Å². The number of hydrogen-bond donors (Lipinski definition) is 0. The van der Waals surface area contributed by atoms with Gasteiger partial charge in [-0.05, 0) is 35.9 Å². The number of pyridine rings is 1. The molecule has 0 spiro atoms. The molecule has 2 aromatic carbocycles. The summed E-state index contributed by atoms with van der Waals surface area (Å²) in [6.45, 7) is 0. The average molecular weight is 515 g/mol. The van der Waals surface area contributed by atoms with Gasteiger partial charge in [-0.2, -0.15) is 0 Å². The highest BCUT2D eigenvalue weighted by molar-refractivity contribution is 7.22. The molecule has 5 aromatic rings. The molecule has 5 rings (SSSR count). The van der Waals surface area contributed by atoms with Crippen LogP contribution in [0.15, 0.2) is 79.4 Å². The summed E-state index contributed by atoms with van der Waals surface area (Å²) < 4.78 is 23.5. The highest BCUT2D eigenvalue weighted by atomic mass is 32.1. The minimum Gasteiger partial charge on any atom is -0.453 e. The molecule has 0 radical (unpaired) electrons. The number of anilines is 1. The van der Waals surface area contributed by atoms with E-state index in [0.29, 0.717) is 17.0 Å². The Bertz CT molecular complexity index is 1600. The summed E-state index contributed by atoms with van der Waals surface area (Å²) in [5.41, 5.74) is 2.73. The number of Topliss-reactive ketones (excluding diaryl/α,β-unsaturated/α-hetero) is 1. The van der Waals surface area contributed by atoms with E-state index >= 15 is 0 Å². The number of fused-ring (bicyclic) bond motifs is 1. The molecule has 0 aliphatic heterocycles. The molecule has 3 heterocycles. The first-order chi connectivity index (χ1) is 17.9. The van der Waals surface area contributed by atoms with Crippen LogP contribution in [0.5, 0.6) is 11.5 Å². The Morgan fingerprint density at radius 3 is 2.59 bits per heavy atom. The monoisotopic (exact) mass is 514 g/mol. The van der Waals surface area contributed by atoms with E-state index in [2.05, 4.69) is 9.97 Å². The number of thiophene rings is 1. The number of carbonyl (C=O) groups is 2. The van der Waals surface area contributed by atoms with Gasteiger partial charge in [0.15, 0.2) is 11.6 Å². The van der Waals surface area contributed by atoms with Gasteiger partial charge in [-0.25, -0.2) is 9.37 Å². The van der Waals surface area contributed by atoms with Crippen LogP contribution in [0.3, 0.4) is 0 Å². The Morgan fingerprint density at radius 1 is 1.05 bits per heavy atom. The standard InChI is InChI=1S/C28H23FN4O3S/c1-32-16-23(31-17-32)26-15-22-28(37-26)25(10-11-30-22)36-24-9-8-18(13-21(24)29)12-20(34)14-27(35)33(2)19-6-4-3-5-7-19/h3-11,13,15-17H,12,14H2,1-2H3. The third-order valence-corrected chi connectivity index (χ3v) is 6.98. The summed E-state index contributed by atoms with van der Waals surface area (Å²) in [6.07, 6.45) is 4.93. The lowest BCUT2D eigenvalue weighted by Gasteiger charge is -2.16. The van der Waals surface area contributed by atoms with Crippen molar-refractivity contribution in [2.24, 2.45) is 7.05 Å². The van der Waals surface area contributed by atoms with Gasteiger partial charge in [0, 0.05) is 44.7 Å². The SMILES string of the molecule is CN(C(=O)CC(=O)Cc1ccc(Oc2ccnc3cc(-c4cn(C)cn4)sc23)c(F)c1)c1ccccc1. The van der Waals surface area contributed by atoms with Crippen molar-refractivity contribution >= 4 is 38.9 Å². The fourth-order valence-corrected chi connectivity index (χ4v) is 4.92. The van der Waals surface area contributed by atoms with Gasteiger partial charge in [0.1, 0.15) is 11.5 Å². The Labute approximate surface area is 216 Å². The predicted octanol–water partition coefficient (Wildman–Crippen LogP) is 5.79. The van der Waals surface area contributed by atoms with Crippen LogP contribution in [0.2, 0.25) is 0 Å². The molecule has 3 aromatic heterocycles. The lowest BCUT2D eigenvalue weighted by Crippen LogP contribution is -2.28. The van der Waals surface area contributed by atoms with Crippen LogP contribution < -0.4 is 9.64 Å². The summed E-state index contributed by atoms with van der Waals surface area (Å²) >= 11 is 1.47. The highest BCUT2D eigenvalue weighted by Crippen LogP contribution is 2.39. The molecule has 0 fully saturated rings. The fraction of sp³-hybridized carbons (Fsp3) is 0.143. The topological polar surface area (TPSA) is 77.3 Å². The summed E-state index contributed by atoms with van der Waals surface area (Å²) in [7, 11) is 3.53. The molecule has 0 aliphatic rings. The number of ether oxygens (including phenoxy) is 1. The van der Waals surface area contributed by atoms with E-state index in [4.69, 9.17) is 4.74 Å². The number of aryl methyl sites for hydroxylation is 1. The molecule has 9 heteroatoms. The van der Waals surface area contributed by atoms with E-state index in [-0.39, 0.29) is 30.3 Å². The number of rotatable bonds is 8. The van der Waals surface area contributed by atoms with E-state index in [9.17, 15) is 14.0 Å². The van der Waals surface area contributed by atoms with Crippen molar-refractivity contribution < 1.29 is 18.7 Å². The number of amides is 1. The number of nitrogens with zero attached hydrogens (tertiary/aromatic N) is 4. The third kappa shape index (κ3) is 5.41. The molecular formula is C28H23FN4O3S. The summed E-state index contributed by atoms with van der Waals surface area (Å²) in [6, 6.07) is 17.1. The second kappa shape index (κ2) is 10.3. The number of hydrogen-bond acceptors (Lipinski definition) is 6. The summed E-state index contributed by atoms with van der Waals surface area (Å²) in [4.78, 5) is 36.1. The second-order valence-corrected chi connectivity index (χ2v) is 9.66. The molecular weight excluding hydrogens is 491 g/mol. The van der Waals surface area contributed by atoms with Crippen LogP contribution in [0.4, 0.5) is 10.1 Å². The van der Waals surface area contributed by atoms with Crippen molar-refractivity contribution in [2.45, 2.75) is 12.8 Å². The largest absolute Gasteiger partial charge is 0.453 e. The molecule has 1 amide bonds. The van der Waals surface area contributed by atoms with Crippen molar-refractivity contribution in [1.29, 1.82) is 0 Å². The molecule has 0 saturated heterocycles. The van der Waals surface area contributed by atoms with Crippen molar-refractivity contribution in [1.82, 2.24) is 14.5 Å². The molecule has 37 heavy (non-hydrogen) atoms. The van der Waals surface area contributed by atoms with E-state index in [0.717, 1.165) is 20.8 Å². The van der Waals surface area contributed by atoms with Gasteiger partial charge in [0.2, 0.25) is 5.91 Å². The van der Waals surface area contributed by atoms with Crippen molar-refractivity contribution in [3.63, 3.8) is 0 Å². The van der Waals surface area contributed by atoms with Gasteiger partial charge in [-0.15, -0.1) is 11.3 Å². The molecule has 0 bridgehead atoms. The minimum atomic E-state index is -0.593. The minimum absolute atomic E-state index is 0.0383. The predicted molar refractivity (Wildman–Crippen MR) is 141 cm³/mol. The third-order valence-electron chi connectivity index (χ3n) is 5.82. The Morgan fingerprint density at radius 2 is 1.86 bits per heavy atom. The normalized spacial score (nSPS) is 11.0. The first kappa shape index (κ1) is 24.3. The molecule has 7 nitrogen and oxygen atoms in total. The lowest BCUT2D eigenvalue weighted by molar-refractivity contribution is -0.126. The van der Waals surface area contributed by atoms with Crippen LogP contribution in [0.25, 0.3) is 20.8 Å². The number of aromatic nitrogens is 3. The lowest BCUT2D eigenvalue weighted by atomic mass is 10.1. The number of halogens is 1.